The van der Waals surface area contributed by atoms with E-state index in [9.17, 15) is 13.2 Å². The molecule has 1 aliphatic rings. The Balaban J connectivity index is 1.98. The number of benzene rings is 2. The first-order chi connectivity index (χ1) is 12.8. The number of rotatable bonds is 4. The fraction of sp³-hybridized carbons (Fsp3) is 0.381. The van der Waals surface area contributed by atoms with Gasteiger partial charge in [0.05, 0.1) is 10.5 Å². The molecule has 2 aromatic rings. The lowest BCUT2D eigenvalue weighted by Gasteiger charge is -2.27. The number of anilines is 1. The van der Waals surface area contributed by atoms with Crippen molar-refractivity contribution in [1.29, 1.82) is 0 Å². The number of nitrogens with zero attached hydrogens (tertiary/aromatic N) is 2. The lowest BCUT2D eigenvalue weighted by Crippen LogP contribution is -2.37. The first-order valence-electron chi connectivity index (χ1n) is 9.26. The van der Waals surface area contributed by atoms with Crippen molar-refractivity contribution in [2.75, 3.05) is 25.0 Å². The summed E-state index contributed by atoms with van der Waals surface area (Å²) < 4.78 is 27.8. The first-order valence-corrected chi connectivity index (χ1v) is 10.7. The van der Waals surface area contributed by atoms with Crippen LogP contribution in [-0.4, -0.2) is 38.8 Å². The maximum absolute atomic E-state index is 13.2. The minimum atomic E-state index is -3.68. The summed E-state index contributed by atoms with van der Waals surface area (Å²) in [7, 11) is -2.00. The maximum atomic E-state index is 13.2. The van der Waals surface area contributed by atoms with Crippen LogP contribution in [0.5, 0.6) is 0 Å². The Morgan fingerprint density at radius 3 is 2.19 bits per heavy atom. The van der Waals surface area contributed by atoms with Crippen LogP contribution in [0, 0.1) is 13.8 Å². The first kappa shape index (κ1) is 19.6. The number of sulfonamides is 1. The summed E-state index contributed by atoms with van der Waals surface area (Å²) >= 11 is 0. The molecule has 0 unspecified atom stereocenters. The van der Waals surface area contributed by atoms with E-state index in [1.54, 1.807) is 25.2 Å². The Labute approximate surface area is 161 Å². The molecule has 144 valence electrons. The van der Waals surface area contributed by atoms with Crippen LogP contribution < -0.4 is 4.90 Å². The summed E-state index contributed by atoms with van der Waals surface area (Å²) in [6.45, 7) is 4.97. The van der Waals surface area contributed by atoms with Gasteiger partial charge in [-0.25, -0.2) is 8.42 Å². The molecule has 6 heteroatoms. The third kappa shape index (κ3) is 4.06. The average molecular weight is 387 g/mol. The molecule has 1 aliphatic heterocycles. The van der Waals surface area contributed by atoms with E-state index in [1.807, 2.05) is 32.0 Å². The van der Waals surface area contributed by atoms with Crippen LogP contribution in [0.1, 0.15) is 40.7 Å². The number of carbonyl (C=O) groups excluding carboxylic acids is 1. The predicted octanol–water partition coefficient (Wildman–Crippen LogP) is 3.75. The minimum absolute atomic E-state index is 0.0909. The Kier molecular flexibility index (Phi) is 5.67. The van der Waals surface area contributed by atoms with Crippen molar-refractivity contribution in [1.82, 2.24) is 4.31 Å². The minimum Gasteiger partial charge on any atom is -0.311 e. The summed E-state index contributed by atoms with van der Waals surface area (Å²) in [5, 5.41) is 0. The number of amides is 1. The van der Waals surface area contributed by atoms with Crippen molar-refractivity contribution >= 4 is 21.6 Å². The molecule has 3 rings (SSSR count). The molecule has 1 fully saturated rings. The lowest BCUT2D eigenvalue weighted by molar-refractivity contribution is 0.0989. The third-order valence-corrected chi connectivity index (χ3v) is 6.91. The molecule has 0 N–H and O–H groups in total. The standard InChI is InChI=1S/C21H26N2O3S/c1-16-13-17(2)15-18(14-16)22(3)21(24)19-9-5-6-10-20(19)27(25,26)23-11-7-4-8-12-23/h5-6,9-10,13-15H,4,7-8,11-12H2,1-3H3. The van der Waals surface area contributed by atoms with Gasteiger partial charge in [0.15, 0.2) is 0 Å². The van der Waals surface area contributed by atoms with E-state index in [-0.39, 0.29) is 16.4 Å². The van der Waals surface area contributed by atoms with Gasteiger partial charge in [0, 0.05) is 25.8 Å². The quantitative estimate of drug-likeness (QED) is 0.804. The Hall–Kier alpha value is -2.18. The molecule has 2 aromatic carbocycles. The highest BCUT2D eigenvalue weighted by Crippen LogP contribution is 2.26. The molecule has 0 radical (unpaired) electrons. The number of hydrogen-bond donors (Lipinski definition) is 0. The molecule has 0 saturated carbocycles. The molecule has 0 aromatic heterocycles. The molecular formula is C21H26N2O3S. The van der Waals surface area contributed by atoms with Crippen molar-refractivity contribution in [2.24, 2.45) is 0 Å². The molecule has 27 heavy (non-hydrogen) atoms. The summed E-state index contributed by atoms with van der Waals surface area (Å²) in [5.41, 5.74) is 3.07. The highest BCUT2D eigenvalue weighted by Gasteiger charge is 2.30. The maximum Gasteiger partial charge on any atom is 0.259 e. The number of aryl methyl sites for hydroxylation is 2. The monoisotopic (exact) mass is 386 g/mol. The van der Waals surface area contributed by atoms with Gasteiger partial charge in [-0.15, -0.1) is 0 Å². The van der Waals surface area contributed by atoms with Gasteiger partial charge in [0.1, 0.15) is 0 Å². The second-order valence-electron chi connectivity index (χ2n) is 7.17. The highest BCUT2D eigenvalue weighted by atomic mass is 32.2. The van der Waals surface area contributed by atoms with Gasteiger partial charge in [-0.3, -0.25) is 4.79 Å². The Morgan fingerprint density at radius 2 is 1.56 bits per heavy atom. The van der Waals surface area contributed by atoms with Gasteiger partial charge in [-0.05, 0) is 62.1 Å². The highest BCUT2D eigenvalue weighted by molar-refractivity contribution is 7.89. The fourth-order valence-corrected chi connectivity index (χ4v) is 5.26. The van der Waals surface area contributed by atoms with E-state index in [1.165, 1.54) is 15.3 Å². The normalized spacial score (nSPS) is 15.5. The van der Waals surface area contributed by atoms with Crippen molar-refractivity contribution in [3.8, 4) is 0 Å². The van der Waals surface area contributed by atoms with Crippen LogP contribution in [0.4, 0.5) is 5.69 Å². The van der Waals surface area contributed by atoms with E-state index in [4.69, 9.17) is 0 Å². The van der Waals surface area contributed by atoms with E-state index >= 15 is 0 Å². The molecular weight excluding hydrogens is 360 g/mol. The number of carbonyl (C=O) groups is 1. The van der Waals surface area contributed by atoms with Gasteiger partial charge in [0.25, 0.3) is 5.91 Å². The van der Waals surface area contributed by atoms with E-state index in [0.29, 0.717) is 13.1 Å². The predicted molar refractivity (Wildman–Crippen MR) is 108 cm³/mol. The van der Waals surface area contributed by atoms with Crippen molar-refractivity contribution in [3.05, 3.63) is 59.2 Å². The van der Waals surface area contributed by atoms with Crippen molar-refractivity contribution in [2.45, 2.75) is 38.0 Å². The fourth-order valence-electron chi connectivity index (χ4n) is 3.55. The Bertz CT molecular complexity index is 927. The molecule has 0 spiro atoms. The number of hydrogen-bond acceptors (Lipinski definition) is 3. The summed E-state index contributed by atoms with van der Waals surface area (Å²) in [4.78, 5) is 14.8. The topological polar surface area (TPSA) is 57.7 Å². The Morgan fingerprint density at radius 1 is 0.963 bits per heavy atom. The molecule has 0 bridgehead atoms. The second kappa shape index (κ2) is 7.82. The van der Waals surface area contributed by atoms with Gasteiger partial charge in [-0.2, -0.15) is 4.31 Å². The zero-order valence-electron chi connectivity index (χ0n) is 16.1. The number of piperidine rings is 1. The smallest absolute Gasteiger partial charge is 0.259 e. The second-order valence-corrected chi connectivity index (χ2v) is 9.08. The zero-order valence-corrected chi connectivity index (χ0v) is 16.9. The van der Waals surface area contributed by atoms with Crippen LogP contribution >= 0.6 is 0 Å². The third-order valence-electron chi connectivity index (χ3n) is 4.95. The van der Waals surface area contributed by atoms with Crippen LogP contribution in [0.3, 0.4) is 0 Å². The molecule has 5 nitrogen and oxygen atoms in total. The van der Waals surface area contributed by atoms with E-state index in [0.717, 1.165) is 36.1 Å². The molecule has 0 aliphatic carbocycles. The largest absolute Gasteiger partial charge is 0.311 e. The lowest BCUT2D eigenvalue weighted by atomic mass is 10.1. The van der Waals surface area contributed by atoms with Gasteiger partial charge < -0.3 is 4.90 Å². The van der Waals surface area contributed by atoms with Crippen LogP contribution in [-0.2, 0) is 10.0 Å². The van der Waals surface area contributed by atoms with E-state index in [2.05, 4.69) is 0 Å². The summed E-state index contributed by atoms with van der Waals surface area (Å²) in [6, 6.07) is 12.4. The van der Waals surface area contributed by atoms with Crippen LogP contribution in [0.25, 0.3) is 0 Å². The molecule has 1 saturated heterocycles. The average Bonchev–Trinajstić information content (AvgIpc) is 2.66. The molecule has 0 atom stereocenters. The summed E-state index contributed by atoms with van der Waals surface area (Å²) in [5.74, 6) is -0.323. The SMILES string of the molecule is Cc1cc(C)cc(N(C)C(=O)c2ccccc2S(=O)(=O)N2CCCCC2)c1. The molecule has 1 heterocycles. The van der Waals surface area contributed by atoms with Crippen LogP contribution in [0.2, 0.25) is 0 Å². The van der Waals surface area contributed by atoms with Crippen molar-refractivity contribution < 1.29 is 13.2 Å². The van der Waals surface area contributed by atoms with Gasteiger partial charge in [0.2, 0.25) is 10.0 Å². The van der Waals surface area contributed by atoms with E-state index < -0.39 is 10.0 Å². The summed E-state index contributed by atoms with van der Waals surface area (Å²) in [6.07, 6.45) is 2.76. The van der Waals surface area contributed by atoms with Gasteiger partial charge in [-0.1, -0.05) is 24.6 Å². The van der Waals surface area contributed by atoms with Crippen LogP contribution in [0.15, 0.2) is 47.4 Å². The van der Waals surface area contributed by atoms with Crippen molar-refractivity contribution in [3.63, 3.8) is 0 Å². The van der Waals surface area contributed by atoms with Gasteiger partial charge >= 0.3 is 0 Å². The zero-order chi connectivity index (χ0) is 19.6. The molecule has 1 amide bonds.